The number of nitrogens with zero attached hydrogens (tertiary/aromatic N) is 1. The molecule has 0 aliphatic carbocycles. The van der Waals surface area contributed by atoms with Gasteiger partial charge in [0, 0.05) is 12.1 Å². The molecule has 10 nitrogen and oxygen atoms in total. The normalized spacial score (nSPS) is 11.2. The maximum atomic E-state index is 12.5. The van der Waals surface area contributed by atoms with Gasteiger partial charge in [0.15, 0.2) is 0 Å². The Morgan fingerprint density at radius 1 is 1.03 bits per heavy atom. The first kappa shape index (κ1) is 23.7. The Hall–Kier alpha value is -3.62. The van der Waals surface area contributed by atoms with Gasteiger partial charge in [-0.1, -0.05) is 12.1 Å². The summed E-state index contributed by atoms with van der Waals surface area (Å²) >= 11 is 0. The Balaban J connectivity index is 2.26. The summed E-state index contributed by atoms with van der Waals surface area (Å²) in [6.07, 6.45) is 0. The molecule has 0 spiro atoms. The predicted octanol–water partition coefficient (Wildman–Crippen LogP) is 2.58. The topological polar surface area (TPSA) is 133 Å². The minimum absolute atomic E-state index is 0.372. The molecule has 1 aromatic carbocycles. The van der Waals surface area contributed by atoms with Gasteiger partial charge in [-0.05, 0) is 12.1 Å². The monoisotopic (exact) mass is 467 g/mol. The lowest BCUT2D eigenvalue weighted by molar-refractivity contribution is -0.0562. The van der Waals surface area contributed by atoms with E-state index in [0.29, 0.717) is 12.1 Å². The van der Waals surface area contributed by atoms with E-state index < -0.39 is 57.6 Å². The molecular formula is C16H13F4N3O7S. The van der Waals surface area contributed by atoms with Crippen molar-refractivity contribution in [1.82, 2.24) is 9.71 Å². The van der Waals surface area contributed by atoms with E-state index in [0.717, 1.165) is 19.2 Å². The zero-order chi connectivity index (χ0) is 23.2. The van der Waals surface area contributed by atoms with E-state index >= 15 is 0 Å². The van der Waals surface area contributed by atoms with Crippen molar-refractivity contribution in [3.8, 4) is 11.6 Å². The van der Waals surface area contributed by atoms with Gasteiger partial charge in [0.1, 0.15) is 16.5 Å². The molecule has 0 aliphatic heterocycles. The first-order valence-electron chi connectivity index (χ1n) is 7.94. The Labute approximate surface area is 172 Å². The lowest BCUT2D eigenvalue weighted by atomic mass is 10.2. The second-order valence-corrected chi connectivity index (χ2v) is 6.98. The molecule has 0 bridgehead atoms. The quantitative estimate of drug-likeness (QED) is 0.447. The number of halogens is 4. The molecule has 31 heavy (non-hydrogen) atoms. The van der Waals surface area contributed by atoms with E-state index in [2.05, 4.69) is 19.2 Å². The third-order valence-electron chi connectivity index (χ3n) is 3.26. The number of ether oxygens (including phenoxy) is 3. The van der Waals surface area contributed by atoms with E-state index in [1.54, 1.807) is 4.72 Å². The fraction of sp³-hybridized carbons (Fsp3) is 0.188. The number of urea groups is 1. The average molecular weight is 467 g/mol. The first-order chi connectivity index (χ1) is 14.5. The van der Waals surface area contributed by atoms with Crippen LogP contribution in [0.1, 0.15) is 10.4 Å². The molecule has 0 fully saturated rings. The van der Waals surface area contributed by atoms with E-state index in [1.165, 1.54) is 12.1 Å². The number of anilines is 1. The number of nitrogens with one attached hydrogen (secondary N) is 2. The number of methoxy groups -OCH3 is 1. The highest BCUT2D eigenvalue weighted by Gasteiger charge is 2.25. The smallest absolute Gasteiger partial charge is 0.388 e. The third-order valence-corrected chi connectivity index (χ3v) is 4.65. The number of carbonyl (C=O) groups excluding carboxylic acids is 2. The van der Waals surface area contributed by atoms with E-state index in [9.17, 15) is 35.6 Å². The molecule has 0 unspecified atom stereocenters. The zero-order valence-corrected chi connectivity index (χ0v) is 16.2. The van der Waals surface area contributed by atoms with Crippen LogP contribution in [0.3, 0.4) is 0 Å². The Morgan fingerprint density at radius 2 is 1.68 bits per heavy atom. The molecule has 0 saturated heterocycles. The third kappa shape index (κ3) is 6.70. The van der Waals surface area contributed by atoms with Crippen LogP contribution < -0.4 is 19.5 Å². The van der Waals surface area contributed by atoms with Crippen LogP contribution in [0.4, 0.5) is 28.2 Å². The first-order valence-corrected chi connectivity index (χ1v) is 9.43. The van der Waals surface area contributed by atoms with Crippen molar-refractivity contribution in [2.24, 2.45) is 0 Å². The molecule has 0 saturated carbocycles. The lowest BCUT2D eigenvalue weighted by Crippen LogP contribution is -2.35. The number of alkyl halides is 4. The van der Waals surface area contributed by atoms with Crippen molar-refractivity contribution < 1.29 is 49.8 Å². The summed E-state index contributed by atoms with van der Waals surface area (Å²) in [6, 6.07) is 4.65. The number of carbonyl (C=O) groups is 2. The van der Waals surface area contributed by atoms with Gasteiger partial charge in [0.05, 0.1) is 12.7 Å². The van der Waals surface area contributed by atoms with Crippen molar-refractivity contribution in [3.05, 3.63) is 42.0 Å². The second kappa shape index (κ2) is 9.92. The Kier molecular flexibility index (Phi) is 7.57. The highest BCUT2D eigenvalue weighted by molar-refractivity contribution is 7.90. The number of hydrogen-bond acceptors (Lipinski definition) is 8. The summed E-state index contributed by atoms with van der Waals surface area (Å²) in [5, 5.41) is 1.85. The number of benzene rings is 1. The maximum absolute atomic E-state index is 12.5. The fourth-order valence-corrected chi connectivity index (χ4v) is 3.27. The summed E-state index contributed by atoms with van der Waals surface area (Å²) in [7, 11) is -3.60. The minimum atomic E-state index is -4.62. The molecule has 1 heterocycles. The van der Waals surface area contributed by atoms with Gasteiger partial charge in [-0.25, -0.2) is 22.7 Å². The molecule has 2 amide bonds. The van der Waals surface area contributed by atoms with Crippen LogP contribution in [0.5, 0.6) is 11.6 Å². The summed E-state index contributed by atoms with van der Waals surface area (Å²) in [6.45, 7) is -6.70. The van der Waals surface area contributed by atoms with Gasteiger partial charge in [-0.15, -0.1) is 0 Å². The largest absolute Gasteiger partial charge is 0.465 e. The number of rotatable bonds is 8. The molecule has 0 radical (unpaired) electrons. The van der Waals surface area contributed by atoms with Crippen LogP contribution in [0.2, 0.25) is 0 Å². The summed E-state index contributed by atoms with van der Waals surface area (Å²) in [5.41, 5.74) is -0.372. The number of aromatic nitrogens is 1. The number of esters is 1. The molecule has 2 rings (SSSR count). The van der Waals surface area contributed by atoms with Gasteiger partial charge in [-0.2, -0.15) is 22.5 Å². The number of pyridine rings is 1. The van der Waals surface area contributed by atoms with Crippen LogP contribution in [0.15, 0.2) is 41.3 Å². The van der Waals surface area contributed by atoms with Crippen molar-refractivity contribution in [1.29, 1.82) is 0 Å². The van der Waals surface area contributed by atoms with Crippen molar-refractivity contribution in [3.63, 3.8) is 0 Å². The van der Waals surface area contributed by atoms with Gasteiger partial charge >= 0.3 is 25.2 Å². The molecule has 1 aromatic heterocycles. The number of hydrogen-bond donors (Lipinski definition) is 2. The molecule has 15 heteroatoms. The zero-order valence-electron chi connectivity index (χ0n) is 15.3. The number of amides is 2. The molecule has 0 atom stereocenters. The molecule has 0 aliphatic rings. The predicted molar refractivity (Wildman–Crippen MR) is 94.6 cm³/mol. The summed E-state index contributed by atoms with van der Waals surface area (Å²) in [5.74, 6) is -3.23. The van der Waals surface area contributed by atoms with Crippen LogP contribution in [0, 0.1) is 0 Å². The van der Waals surface area contributed by atoms with Gasteiger partial charge in [0.2, 0.25) is 5.88 Å². The van der Waals surface area contributed by atoms with Crippen molar-refractivity contribution in [2.75, 3.05) is 12.4 Å². The number of sulfonamides is 1. The molecular weight excluding hydrogens is 454 g/mol. The van der Waals surface area contributed by atoms with Gasteiger partial charge < -0.3 is 14.2 Å². The van der Waals surface area contributed by atoms with E-state index in [-0.39, 0.29) is 5.56 Å². The van der Waals surface area contributed by atoms with E-state index in [1.807, 2.05) is 5.32 Å². The summed E-state index contributed by atoms with van der Waals surface area (Å²) in [4.78, 5) is 26.6. The second-order valence-electron chi connectivity index (χ2n) is 5.33. The molecule has 2 N–H and O–H groups in total. The van der Waals surface area contributed by atoms with Crippen LogP contribution >= 0.6 is 0 Å². The van der Waals surface area contributed by atoms with Crippen LogP contribution in [0.25, 0.3) is 0 Å². The van der Waals surface area contributed by atoms with Crippen LogP contribution in [-0.4, -0.2) is 45.7 Å². The molecule has 2 aromatic rings. The van der Waals surface area contributed by atoms with Crippen LogP contribution in [-0.2, 0) is 14.8 Å². The maximum Gasteiger partial charge on any atom is 0.388 e. The minimum Gasteiger partial charge on any atom is -0.465 e. The highest BCUT2D eigenvalue weighted by atomic mass is 32.2. The van der Waals surface area contributed by atoms with Crippen molar-refractivity contribution >= 4 is 27.8 Å². The van der Waals surface area contributed by atoms with Gasteiger partial charge in [0.25, 0.3) is 10.0 Å². The summed E-state index contributed by atoms with van der Waals surface area (Å²) < 4.78 is 88.5. The average Bonchev–Trinajstić information content (AvgIpc) is 2.65. The fourth-order valence-electron chi connectivity index (χ4n) is 2.17. The Bertz CT molecular complexity index is 1040. The SMILES string of the molecule is COC(=O)c1ccccc1S(=O)(=O)NC(=O)Nc1cc(OC(F)F)cc(OC(F)F)n1. The van der Waals surface area contributed by atoms with Crippen molar-refractivity contribution in [2.45, 2.75) is 18.1 Å². The van der Waals surface area contributed by atoms with E-state index in [4.69, 9.17) is 0 Å². The lowest BCUT2D eigenvalue weighted by Gasteiger charge is -2.13. The molecule has 168 valence electrons. The van der Waals surface area contributed by atoms with Gasteiger partial charge in [-0.3, -0.25) is 5.32 Å². The Morgan fingerprint density at radius 3 is 2.29 bits per heavy atom. The standard InChI is InChI=1S/C16H13F4N3O7S/c1-28-13(24)9-4-2-3-5-10(9)31(26,27)23-16(25)22-11-6-8(29-14(17)18)7-12(21-11)30-15(19)20/h2-7,14-15H,1H3,(H2,21,22,23,25). The highest BCUT2D eigenvalue weighted by Crippen LogP contribution is 2.25.